The summed E-state index contributed by atoms with van der Waals surface area (Å²) in [4.78, 5) is 16.4. The topological polar surface area (TPSA) is 41.1 Å². The highest BCUT2D eigenvalue weighted by Crippen LogP contribution is 2.16. The molecular weight excluding hydrogens is 286 g/mol. The highest BCUT2D eigenvalue weighted by molar-refractivity contribution is 5.75. The van der Waals surface area contributed by atoms with Crippen molar-refractivity contribution in [2.24, 2.45) is 0 Å². The average Bonchev–Trinajstić information content (AvgIpc) is 3.09. The summed E-state index contributed by atoms with van der Waals surface area (Å²) in [6.45, 7) is 2.05. The second-order valence-corrected chi connectivity index (χ2v) is 5.57. The van der Waals surface area contributed by atoms with Crippen molar-refractivity contribution < 1.29 is 4.98 Å². The molecule has 0 unspecified atom stereocenters. The van der Waals surface area contributed by atoms with Crippen LogP contribution in [0.25, 0.3) is 22.3 Å². The fourth-order valence-electron chi connectivity index (χ4n) is 2.76. The van der Waals surface area contributed by atoms with Crippen molar-refractivity contribution in [2.45, 2.75) is 6.92 Å². The minimum Gasteiger partial charge on any atom is -0.238 e. The van der Waals surface area contributed by atoms with Crippen molar-refractivity contribution in [1.82, 2.24) is 9.35 Å². The lowest BCUT2D eigenvalue weighted by Crippen LogP contribution is -2.33. The lowest BCUT2D eigenvalue weighted by Gasteiger charge is -2.07. The van der Waals surface area contributed by atoms with E-state index in [1.807, 2.05) is 80.0 Å². The van der Waals surface area contributed by atoms with Crippen molar-refractivity contribution in [1.29, 1.82) is 0 Å². The molecule has 0 spiro atoms. The van der Waals surface area contributed by atoms with E-state index in [9.17, 15) is 4.79 Å². The fraction of sp³-hybridized carbons (Fsp3) is 0.0526. The first-order chi connectivity index (χ1) is 11.2. The number of hydrogen-bond donors (Lipinski definition) is 0. The molecule has 2 aromatic heterocycles. The molecule has 4 heteroatoms. The quantitative estimate of drug-likeness (QED) is 0.561. The molecule has 0 atom stereocenters. The molecule has 2 aromatic carbocycles. The van der Waals surface area contributed by atoms with Crippen LogP contribution in [-0.2, 0) is 0 Å². The summed E-state index contributed by atoms with van der Waals surface area (Å²) in [6, 6.07) is 19.5. The maximum absolute atomic E-state index is 13.0. The Morgan fingerprint density at radius 3 is 2.30 bits per heavy atom. The predicted molar refractivity (Wildman–Crippen MR) is 90.2 cm³/mol. The summed E-state index contributed by atoms with van der Waals surface area (Å²) in [6.07, 6.45) is 3.73. The van der Waals surface area contributed by atoms with Crippen molar-refractivity contribution in [3.8, 4) is 11.4 Å². The predicted octanol–water partition coefficient (Wildman–Crippen LogP) is 2.90. The van der Waals surface area contributed by atoms with E-state index in [1.54, 1.807) is 9.35 Å². The number of H-pyrrole nitrogens is 1. The zero-order valence-corrected chi connectivity index (χ0v) is 12.7. The number of nitrogens with zero attached hydrogens (tertiary/aromatic N) is 2. The van der Waals surface area contributed by atoms with E-state index in [4.69, 9.17) is 0 Å². The van der Waals surface area contributed by atoms with Gasteiger partial charge in [-0.15, -0.1) is 0 Å². The Morgan fingerprint density at radius 2 is 1.57 bits per heavy atom. The molecule has 0 bridgehead atoms. The maximum atomic E-state index is 13.0. The molecule has 2 heterocycles. The van der Waals surface area contributed by atoms with Crippen LogP contribution in [0.5, 0.6) is 0 Å². The summed E-state index contributed by atoms with van der Waals surface area (Å²) in [5, 5.41) is 0.664. The zero-order chi connectivity index (χ0) is 15.8. The molecule has 0 aliphatic rings. The van der Waals surface area contributed by atoms with Gasteiger partial charge in [0.2, 0.25) is 0 Å². The second kappa shape index (κ2) is 5.25. The molecule has 4 nitrogen and oxygen atoms in total. The smallest absolute Gasteiger partial charge is 0.238 e. The third kappa shape index (κ3) is 2.25. The van der Waals surface area contributed by atoms with Crippen molar-refractivity contribution in [2.75, 3.05) is 0 Å². The monoisotopic (exact) mass is 302 g/mol. The van der Waals surface area contributed by atoms with Gasteiger partial charge in [-0.2, -0.15) is 4.68 Å². The van der Waals surface area contributed by atoms with Crippen LogP contribution < -0.4 is 10.5 Å². The summed E-state index contributed by atoms with van der Waals surface area (Å²) >= 11 is 0. The van der Waals surface area contributed by atoms with Crippen LogP contribution in [0.15, 0.2) is 77.9 Å². The van der Waals surface area contributed by atoms with Crippen LogP contribution in [0, 0.1) is 6.92 Å². The highest BCUT2D eigenvalue weighted by atomic mass is 16.1. The van der Waals surface area contributed by atoms with Gasteiger partial charge in [0.25, 0.3) is 0 Å². The number of hydrogen-bond acceptors (Lipinski definition) is 1. The van der Waals surface area contributed by atoms with Crippen LogP contribution in [0.2, 0.25) is 0 Å². The van der Waals surface area contributed by atoms with E-state index < -0.39 is 0 Å². The van der Waals surface area contributed by atoms with Crippen molar-refractivity contribution >= 4 is 10.9 Å². The van der Waals surface area contributed by atoms with E-state index >= 15 is 0 Å². The molecule has 0 amide bonds. The zero-order valence-electron chi connectivity index (χ0n) is 12.7. The summed E-state index contributed by atoms with van der Waals surface area (Å²) < 4.78 is 3.45. The Morgan fingerprint density at radius 1 is 0.870 bits per heavy atom. The first-order valence-electron chi connectivity index (χ1n) is 7.52. The van der Waals surface area contributed by atoms with E-state index in [0.717, 1.165) is 16.9 Å². The molecule has 112 valence electrons. The van der Waals surface area contributed by atoms with Crippen LogP contribution in [0.3, 0.4) is 0 Å². The number of aromatic nitrogens is 3. The number of aryl methyl sites for hydroxylation is 1. The Hall–Kier alpha value is -3.14. The van der Waals surface area contributed by atoms with Gasteiger partial charge in [0.15, 0.2) is 0 Å². The van der Waals surface area contributed by atoms with E-state index in [1.165, 1.54) is 5.56 Å². The Labute approximate surface area is 133 Å². The number of para-hydroxylation sites is 1. The minimum atomic E-state index is -0.0499. The second-order valence-electron chi connectivity index (χ2n) is 5.57. The standard InChI is InChI=1S/C19H15N3O/c1-14-8-10-15(11-9-14)18-20-17-7-3-2-6-16(17)19(23)22(18)21-12-4-5-13-21/h2-13H,1H3/p+1. The minimum absolute atomic E-state index is 0.0499. The average molecular weight is 302 g/mol. The molecule has 0 fully saturated rings. The van der Waals surface area contributed by atoms with Gasteiger partial charge in [-0.1, -0.05) is 34.5 Å². The number of benzene rings is 2. The van der Waals surface area contributed by atoms with Crippen molar-refractivity contribution in [3.63, 3.8) is 0 Å². The number of fused-ring (bicyclic) bond motifs is 1. The Balaban J connectivity index is 2.11. The molecule has 4 aromatic rings. The van der Waals surface area contributed by atoms with E-state index in [2.05, 4.69) is 4.98 Å². The number of nitrogens with one attached hydrogen (secondary N) is 1. The van der Waals surface area contributed by atoms with E-state index in [0.29, 0.717) is 5.39 Å². The van der Waals surface area contributed by atoms with E-state index in [-0.39, 0.29) is 5.56 Å². The van der Waals surface area contributed by atoms with Gasteiger partial charge in [-0.3, -0.25) is 0 Å². The lowest BCUT2D eigenvalue weighted by atomic mass is 10.1. The molecule has 1 N–H and O–H groups in total. The molecule has 0 saturated carbocycles. The van der Waals surface area contributed by atoms with Gasteiger partial charge in [0.05, 0.1) is 5.56 Å². The van der Waals surface area contributed by atoms with Crippen molar-refractivity contribution in [3.05, 3.63) is 89.0 Å². The van der Waals surface area contributed by atoms with Gasteiger partial charge in [-0.05, 0) is 43.3 Å². The summed E-state index contributed by atoms with van der Waals surface area (Å²) in [7, 11) is 0. The number of aromatic amines is 1. The molecule has 0 aliphatic carbocycles. The van der Waals surface area contributed by atoms with Crippen LogP contribution >= 0.6 is 0 Å². The van der Waals surface area contributed by atoms with Crippen LogP contribution in [0.1, 0.15) is 5.56 Å². The molecule has 0 saturated heterocycles. The summed E-state index contributed by atoms with van der Waals surface area (Å²) in [5.41, 5.74) is 2.93. The van der Waals surface area contributed by atoms with Gasteiger partial charge in [0.1, 0.15) is 10.9 Å². The van der Waals surface area contributed by atoms with Crippen LogP contribution in [-0.4, -0.2) is 9.35 Å². The van der Waals surface area contributed by atoms with Gasteiger partial charge in [0, 0.05) is 12.4 Å². The Bertz CT molecular complexity index is 1030. The van der Waals surface area contributed by atoms with Gasteiger partial charge in [-0.25, -0.2) is 9.78 Å². The third-order valence-electron chi connectivity index (χ3n) is 3.96. The SMILES string of the molecule is Cc1ccc(-c2[nH+]c3ccccc3c(=O)n2-n2cccc2)cc1. The first kappa shape index (κ1) is 13.5. The molecule has 0 aliphatic heterocycles. The molecule has 0 radical (unpaired) electrons. The molecule has 4 rings (SSSR count). The van der Waals surface area contributed by atoms with Crippen LogP contribution in [0.4, 0.5) is 0 Å². The number of rotatable bonds is 2. The van der Waals surface area contributed by atoms with Gasteiger partial charge < -0.3 is 0 Å². The summed E-state index contributed by atoms with van der Waals surface area (Å²) in [5.74, 6) is 0.755. The normalized spacial score (nSPS) is 11.0. The Kier molecular flexibility index (Phi) is 3.08. The first-order valence-corrected chi connectivity index (χ1v) is 7.52. The highest BCUT2D eigenvalue weighted by Gasteiger charge is 2.20. The molecular formula is C19H16N3O+. The molecule has 23 heavy (non-hydrogen) atoms. The largest absolute Gasteiger partial charge is 0.369 e. The van der Waals surface area contributed by atoms with Gasteiger partial charge >= 0.3 is 11.4 Å². The fourth-order valence-corrected chi connectivity index (χ4v) is 2.76. The lowest BCUT2D eigenvalue weighted by molar-refractivity contribution is -0.339. The maximum Gasteiger partial charge on any atom is 0.369 e. The third-order valence-corrected chi connectivity index (χ3v) is 3.96.